The van der Waals surface area contributed by atoms with Gasteiger partial charge in [-0.3, -0.25) is 9.59 Å². The summed E-state index contributed by atoms with van der Waals surface area (Å²) in [4.78, 5) is 25.8. The van der Waals surface area contributed by atoms with Crippen molar-refractivity contribution < 1.29 is 14.0 Å². The number of nitrogens with zero attached hydrogens (tertiary/aromatic N) is 1. The zero-order chi connectivity index (χ0) is 16.6. The maximum absolute atomic E-state index is 12.2. The van der Waals surface area contributed by atoms with Crippen LogP contribution in [0.15, 0.2) is 21.2 Å². The van der Waals surface area contributed by atoms with Gasteiger partial charge in [0.2, 0.25) is 5.91 Å². The van der Waals surface area contributed by atoms with Crippen LogP contribution < -0.4 is 5.32 Å². The average Bonchev–Trinajstić information content (AvgIpc) is 3.22. The Morgan fingerprint density at radius 2 is 2.17 bits per heavy atom. The highest BCUT2D eigenvalue weighted by Gasteiger charge is 2.42. The quantitative estimate of drug-likeness (QED) is 0.850. The molecule has 0 aromatic carbocycles. The monoisotopic (exact) mass is 382 g/mol. The van der Waals surface area contributed by atoms with Crippen molar-refractivity contribution in [1.29, 1.82) is 0 Å². The summed E-state index contributed by atoms with van der Waals surface area (Å²) in [7, 11) is 1.61. The number of likely N-dealkylation sites (N-methyl/N-ethyl adjacent to an activating group) is 1. The van der Waals surface area contributed by atoms with Crippen molar-refractivity contribution in [1.82, 2.24) is 10.2 Å². The average molecular weight is 383 g/mol. The molecule has 0 aliphatic heterocycles. The molecule has 2 saturated carbocycles. The highest BCUT2D eigenvalue weighted by atomic mass is 79.9. The molecule has 126 valence electrons. The Balaban J connectivity index is 1.49. The van der Waals surface area contributed by atoms with E-state index in [2.05, 4.69) is 28.2 Å². The topological polar surface area (TPSA) is 62.6 Å². The third-order valence-electron chi connectivity index (χ3n) is 5.34. The van der Waals surface area contributed by atoms with Crippen LogP contribution in [0.2, 0.25) is 0 Å². The number of hydrogen-bond acceptors (Lipinski definition) is 3. The number of fused-ring (bicyclic) bond motifs is 2. The maximum Gasteiger partial charge on any atom is 0.289 e. The number of amides is 2. The molecular formula is C17H23BrN2O3. The van der Waals surface area contributed by atoms with Gasteiger partial charge in [-0.25, -0.2) is 0 Å². The van der Waals surface area contributed by atoms with Crippen LogP contribution in [0.25, 0.3) is 0 Å². The molecule has 2 amide bonds. The number of halogens is 1. The predicted molar refractivity (Wildman–Crippen MR) is 89.9 cm³/mol. The molecule has 2 aliphatic carbocycles. The molecule has 1 N–H and O–H groups in total. The first-order valence-electron chi connectivity index (χ1n) is 8.24. The molecule has 0 radical (unpaired) electrons. The molecule has 1 heterocycles. The summed E-state index contributed by atoms with van der Waals surface area (Å²) in [5.74, 6) is 2.06. The molecule has 1 aromatic rings. The second-order valence-electron chi connectivity index (χ2n) is 6.96. The lowest BCUT2D eigenvalue weighted by molar-refractivity contribution is -0.122. The van der Waals surface area contributed by atoms with E-state index in [-0.39, 0.29) is 30.2 Å². The van der Waals surface area contributed by atoms with Crippen LogP contribution in [0.3, 0.4) is 0 Å². The molecule has 0 spiro atoms. The molecule has 2 bridgehead atoms. The minimum absolute atomic E-state index is 0.0440. The second kappa shape index (κ2) is 6.67. The molecule has 1 aromatic heterocycles. The lowest BCUT2D eigenvalue weighted by Crippen LogP contribution is -2.45. The van der Waals surface area contributed by atoms with Crippen LogP contribution in [0.1, 0.15) is 43.2 Å². The van der Waals surface area contributed by atoms with Gasteiger partial charge in [-0.05, 0) is 72.0 Å². The SMILES string of the molecule is CC(NC(=O)CN(C)C(=O)c1ccc(Br)o1)C1CC2CCC1C2. The number of rotatable bonds is 5. The third kappa shape index (κ3) is 3.62. The van der Waals surface area contributed by atoms with Crippen LogP contribution in [-0.2, 0) is 4.79 Å². The van der Waals surface area contributed by atoms with Crippen molar-refractivity contribution in [3.05, 3.63) is 22.6 Å². The highest BCUT2D eigenvalue weighted by molar-refractivity contribution is 9.10. The summed E-state index contributed by atoms with van der Waals surface area (Å²) >= 11 is 3.17. The molecule has 5 nitrogen and oxygen atoms in total. The smallest absolute Gasteiger partial charge is 0.289 e. The largest absolute Gasteiger partial charge is 0.444 e. The fourth-order valence-corrected chi connectivity index (χ4v) is 4.52. The molecule has 2 aliphatic rings. The van der Waals surface area contributed by atoms with Gasteiger partial charge in [-0.1, -0.05) is 6.42 Å². The van der Waals surface area contributed by atoms with E-state index in [9.17, 15) is 9.59 Å². The van der Waals surface area contributed by atoms with Gasteiger partial charge in [0.05, 0.1) is 6.54 Å². The van der Waals surface area contributed by atoms with Crippen molar-refractivity contribution in [2.45, 2.75) is 38.6 Å². The Morgan fingerprint density at radius 3 is 2.74 bits per heavy atom. The summed E-state index contributed by atoms with van der Waals surface area (Å²) < 4.78 is 5.74. The molecule has 0 saturated heterocycles. The zero-order valence-corrected chi connectivity index (χ0v) is 15.1. The first-order valence-corrected chi connectivity index (χ1v) is 9.03. The van der Waals surface area contributed by atoms with Gasteiger partial charge in [0, 0.05) is 13.1 Å². The summed E-state index contributed by atoms with van der Waals surface area (Å²) in [6.45, 7) is 2.14. The Morgan fingerprint density at radius 1 is 1.39 bits per heavy atom. The van der Waals surface area contributed by atoms with Gasteiger partial charge in [0.15, 0.2) is 10.4 Å². The third-order valence-corrected chi connectivity index (χ3v) is 5.76. The molecule has 23 heavy (non-hydrogen) atoms. The number of nitrogens with one attached hydrogen (secondary N) is 1. The van der Waals surface area contributed by atoms with E-state index in [0.29, 0.717) is 10.6 Å². The number of carbonyl (C=O) groups excluding carboxylic acids is 2. The first-order chi connectivity index (χ1) is 10.9. The minimum atomic E-state index is -0.293. The molecule has 6 heteroatoms. The molecule has 4 unspecified atom stereocenters. The maximum atomic E-state index is 12.2. The minimum Gasteiger partial charge on any atom is -0.444 e. The fourth-order valence-electron chi connectivity index (χ4n) is 4.22. The van der Waals surface area contributed by atoms with E-state index in [4.69, 9.17) is 4.42 Å². The van der Waals surface area contributed by atoms with Crippen molar-refractivity contribution in [2.24, 2.45) is 17.8 Å². The Kier molecular flexibility index (Phi) is 4.80. The Bertz CT molecular complexity index is 600. The van der Waals surface area contributed by atoms with Crippen LogP contribution in [0, 0.1) is 17.8 Å². The normalized spacial score (nSPS) is 27.0. The molecule has 3 rings (SSSR count). The van der Waals surface area contributed by atoms with Gasteiger partial charge < -0.3 is 14.6 Å². The van der Waals surface area contributed by atoms with Crippen molar-refractivity contribution >= 4 is 27.7 Å². The zero-order valence-electron chi connectivity index (χ0n) is 13.5. The standard InChI is InChI=1S/C17H23BrN2O3/c1-10(13-8-11-3-4-12(13)7-11)19-16(21)9-20(2)17(22)14-5-6-15(18)23-14/h5-6,10-13H,3-4,7-9H2,1-2H3,(H,19,21). The molecule has 4 atom stereocenters. The number of hydrogen-bond donors (Lipinski definition) is 1. The highest BCUT2D eigenvalue weighted by Crippen LogP contribution is 2.49. The first kappa shape index (κ1) is 16.6. The van der Waals surface area contributed by atoms with E-state index >= 15 is 0 Å². The lowest BCUT2D eigenvalue weighted by atomic mass is 9.84. The second-order valence-corrected chi connectivity index (χ2v) is 7.74. The summed E-state index contributed by atoms with van der Waals surface area (Å²) in [5, 5.41) is 3.08. The molecule has 2 fully saturated rings. The predicted octanol–water partition coefficient (Wildman–Crippen LogP) is 3.06. The van der Waals surface area contributed by atoms with Gasteiger partial charge in [0.1, 0.15) is 0 Å². The van der Waals surface area contributed by atoms with E-state index in [1.165, 1.54) is 30.6 Å². The summed E-state index contributed by atoms with van der Waals surface area (Å²) in [6, 6.07) is 3.44. The van der Waals surface area contributed by atoms with Crippen molar-refractivity contribution in [2.75, 3.05) is 13.6 Å². The van der Waals surface area contributed by atoms with Gasteiger partial charge >= 0.3 is 0 Å². The lowest BCUT2D eigenvalue weighted by Gasteiger charge is -2.29. The van der Waals surface area contributed by atoms with Gasteiger partial charge in [-0.2, -0.15) is 0 Å². The van der Waals surface area contributed by atoms with Crippen molar-refractivity contribution in [3.8, 4) is 0 Å². The molecular weight excluding hydrogens is 360 g/mol. The van der Waals surface area contributed by atoms with E-state index in [1.807, 2.05) is 0 Å². The van der Waals surface area contributed by atoms with Gasteiger partial charge in [0.25, 0.3) is 5.91 Å². The number of carbonyl (C=O) groups is 2. The van der Waals surface area contributed by atoms with Crippen LogP contribution in [0.5, 0.6) is 0 Å². The van der Waals surface area contributed by atoms with E-state index in [0.717, 1.165) is 11.8 Å². The summed E-state index contributed by atoms with van der Waals surface area (Å²) in [6.07, 6.45) is 5.23. The Hall–Kier alpha value is -1.30. The summed E-state index contributed by atoms with van der Waals surface area (Å²) in [5.41, 5.74) is 0. The fraction of sp³-hybridized carbons (Fsp3) is 0.647. The van der Waals surface area contributed by atoms with Gasteiger partial charge in [-0.15, -0.1) is 0 Å². The number of furan rings is 1. The van der Waals surface area contributed by atoms with E-state index in [1.54, 1.807) is 19.2 Å². The van der Waals surface area contributed by atoms with Crippen LogP contribution in [-0.4, -0.2) is 36.3 Å². The van der Waals surface area contributed by atoms with Crippen LogP contribution >= 0.6 is 15.9 Å². The Labute approximate surface area is 144 Å². The van der Waals surface area contributed by atoms with Crippen LogP contribution in [0.4, 0.5) is 0 Å². The van der Waals surface area contributed by atoms with Crippen molar-refractivity contribution in [3.63, 3.8) is 0 Å². The van der Waals surface area contributed by atoms with E-state index < -0.39 is 0 Å².